The van der Waals surface area contributed by atoms with Crippen molar-refractivity contribution in [2.75, 3.05) is 44.2 Å². The van der Waals surface area contributed by atoms with E-state index in [2.05, 4.69) is 28.7 Å². The number of para-hydroxylation sites is 1. The van der Waals surface area contributed by atoms with E-state index in [4.69, 9.17) is 4.74 Å². The van der Waals surface area contributed by atoms with E-state index in [-0.39, 0.29) is 23.5 Å². The molecule has 0 aliphatic carbocycles. The summed E-state index contributed by atoms with van der Waals surface area (Å²) in [6.45, 7) is 5.71. The molecule has 2 saturated heterocycles. The van der Waals surface area contributed by atoms with Crippen molar-refractivity contribution < 1.29 is 17.9 Å². The summed E-state index contributed by atoms with van der Waals surface area (Å²) in [4.78, 5) is 17.2. The first-order chi connectivity index (χ1) is 14.9. The highest BCUT2D eigenvalue weighted by atomic mass is 32.2. The fourth-order valence-electron chi connectivity index (χ4n) is 4.14. The van der Waals surface area contributed by atoms with Crippen LogP contribution in [0, 0.1) is 6.92 Å². The van der Waals surface area contributed by atoms with E-state index in [0.717, 1.165) is 25.9 Å². The van der Waals surface area contributed by atoms with E-state index < -0.39 is 10.0 Å². The molecule has 1 N–H and O–H groups in total. The molecule has 166 valence electrons. The number of ether oxygens (including phenoxy) is 1. The number of carbonyl (C=O) groups excluding carboxylic acids is 1. The van der Waals surface area contributed by atoms with E-state index in [9.17, 15) is 13.2 Å². The predicted molar refractivity (Wildman–Crippen MR) is 120 cm³/mol. The molecule has 1 amide bonds. The normalized spacial score (nSPS) is 19.6. The second kappa shape index (κ2) is 9.38. The summed E-state index contributed by atoms with van der Waals surface area (Å²) in [5.41, 5.74) is 2.81. The quantitative estimate of drug-likeness (QED) is 0.742. The lowest BCUT2D eigenvalue weighted by molar-refractivity contribution is 0.0746. The van der Waals surface area contributed by atoms with Gasteiger partial charge in [0, 0.05) is 50.6 Å². The van der Waals surface area contributed by atoms with Gasteiger partial charge in [-0.1, -0.05) is 24.3 Å². The fourth-order valence-corrected chi connectivity index (χ4v) is 5.25. The number of piperazine rings is 1. The topological polar surface area (TPSA) is 79.0 Å². The Morgan fingerprint density at radius 2 is 1.87 bits per heavy atom. The van der Waals surface area contributed by atoms with Crippen LogP contribution < -0.4 is 9.62 Å². The molecule has 0 saturated carbocycles. The minimum Gasteiger partial charge on any atom is -0.377 e. The predicted octanol–water partition coefficient (Wildman–Crippen LogP) is 2.41. The first-order valence-electron chi connectivity index (χ1n) is 10.8. The van der Waals surface area contributed by atoms with Crippen LogP contribution in [0.15, 0.2) is 53.4 Å². The van der Waals surface area contributed by atoms with Crippen LogP contribution in [0.4, 0.5) is 5.69 Å². The number of hydrogen-bond acceptors (Lipinski definition) is 5. The van der Waals surface area contributed by atoms with Crippen molar-refractivity contribution in [3.05, 3.63) is 59.7 Å². The molecule has 4 rings (SSSR count). The van der Waals surface area contributed by atoms with Crippen LogP contribution in [0.3, 0.4) is 0 Å². The van der Waals surface area contributed by atoms with Gasteiger partial charge in [0.15, 0.2) is 0 Å². The average molecular weight is 444 g/mol. The van der Waals surface area contributed by atoms with Crippen LogP contribution in [0.25, 0.3) is 0 Å². The molecule has 0 spiro atoms. The first-order valence-corrected chi connectivity index (χ1v) is 12.2. The molecule has 2 aromatic carbocycles. The Morgan fingerprint density at radius 1 is 1.10 bits per heavy atom. The van der Waals surface area contributed by atoms with Crippen LogP contribution in [-0.4, -0.2) is 64.7 Å². The van der Waals surface area contributed by atoms with E-state index in [0.29, 0.717) is 25.3 Å². The number of nitrogens with zero attached hydrogens (tertiary/aromatic N) is 2. The van der Waals surface area contributed by atoms with E-state index >= 15 is 0 Å². The summed E-state index contributed by atoms with van der Waals surface area (Å²) in [5.74, 6) is -0.138. The van der Waals surface area contributed by atoms with Crippen molar-refractivity contribution >= 4 is 21.6 Å². The average Bonchev–Trinajstić information content (AvgIpc) is 3.32. The standard InChI is InChI=1S/C23H29N3O4S/c1-18-6-2-3-10-22(18)25-11-13-26(14-12-25)23(27)19-7-4-9-21(16-19)31(28,29)24-17-20-8-5-15-30-20/h2-4,6-7,9-10,16,20,24H,5,8,11-15,17H2,1H3/t20-/m0/s1. The number of carbonyl (C=O) groups is 1. The summed E-state index contributed by atoms with van der Waals surface area (Å²) in [6.07, 6.45) is 1.73. The Morgan fingerprint density at radius 3 is 2.58 bits per heavy atom. The second-order valence-corrected chi connectivity index (χ2v) is 9.85. The van der Waals surface area contributed by atoms with E-state index in [1.165, 1.54) is 23.4 Å². The molecular weight excluding hydrogens is 414 g/mol. The number of hydrogen-bond donors (Lipinski definition) is 1. The lowest BCUT2D eigenvalue weighted by Gasteiger charge is -2.36. The molecule has 7 nitrogen and oxygen atoms in total. The monoisotopic (exact) mass is 443 g/mol. The SMILES string of the molecule is Cc1ccccc1N1CCN(C(=O)c2cccc(S(=O)(=O)NC[C@@H]3CCCO3)c2)CC1. The van der Waals surface area contributed by atoms with Crippen molar-refractivity contribution in [1.29, 1.82) is 0 Å². The Hall–Kier alpha value is -2.42. The van der Waals surface area contributed by atoms with Gasteiger partial charge in [0.25, 0.3) is 5.91 Å². The fraction of sp³-hybridized carbons (Fsp3) is 0.435. The van der Waals surface area contributed by atoms with Crippen LogP contribution in [0.5, 0.6) is 0 Å². The summed E-state index contributed by atoms with van der Waals surface area (Å²) in [7, 11) is -3.69. The summed E-state index contributed by atoms with van der Waals surface area (Å²) < 4.78 is 33.4. The molecular formula is C23H29N3O4S. The number of sulfonamides is 1. The van der Waals surface area contributed by atoms with Gasteiger partial charge in [0.1, 0.15) is 0 Å². The van der Waals surface area contributed by atoms with Crippen molar-refractivity contribution in [2.24, 2.45) is 0 Å². The highest BCUT2D eigenvalue weighted by Crippen LogP contribution is 2.22. The molecule has 0 bridgehead atoms. The van der Waals surface area contributed by atoms with Gasteiger partial charge in [-0.2, -0.15) is 0 Å². The number of anilines is 1. The largest absolute Gasteiger partial charge is 0.377 e. The third-order valence-corrected chi connectivity index (χ3v) is 7.36. The smallest absolute Gasteiger partial charge is 0.254 e. The molecule has 8 heteroatoms. The van der Waals surface area contributed by atoms with Gasteiger partial charge in [-0.05, 0) is 49.6 Å². The molecule has 2 aliphatic heterocycles. The number of nitrogens with one attached hydrogen (secondary N) is 1. The Kier molecular flexibility index (Phi) is 6.60. The van der Waals surface area contributed by atoms with Crippen molar-refractivity contribution in [3.63, 3.8) is 0 Å². The maximum atomic E-state index is 13.0. The van der Waals surface area contributed by atoms with Gasteiger partial charge >= 0.3 is 0 Å². The summed E-state index contributed by atoms with van der Waals surface area (Å²) in [6, 6.07) is 14.5. The molecule has 0 aromatic heterocycles. The van der Waals surface area contributed by atoms with Gasteiger partial charge in [-0.15, -0.1) is 0 Å². The molecule has 2 fully saturated rings. The Balaban J connectivity index is 1.39. The lowest BCUT2D eigenvalue weighted by Crippen LogP contribution is -2.49. The molecule has 2 heterocycles. The highest BCUT2D eigenvalue weighted by molar-refractivity contribution is 7.89. The number of amides is 1. The minimum absolute atomic E-state index is 0.0795. The second-order valence-electron chi connectivity index (χ2n) is 8.08. The highest BCUT2D eigenvalue weighted by Gasteiger charge is 2.25. The van der Waals surface area contributed by atoms with Gasteiger partial charge in [-0.25, -0.2) is 13.1 Å². The molecule has 31 heavy (non-hydrogen) atoms. The maximum Gasteiger partial charge on any atom is 0.254 e. The van der Waals surface area contributed by atoms with Crippen LogP contribution in [0.1, 0.15) is 28.8 Å². The van der Waals surface area contributed by atoms with Crippen LogP contribution in [-0.2, 0) is 14.8 Å². The van der Waals surface area contributed by atoms with Crippen LogP contribution in [0.2, 0.25) is 0 Å². The summed E-state index contributed by atoms with van der Waals surface area (Å²) >= 11 is 0. The van der Waals surface area contributed by atoms with Gasteiger partial charge < -0.3 is 14.5 Å². The molecule has 0 unspecified atom stereocenters. The molecule has 2 aromatic rings. The molecule has 1 atom stereocenters. The van der Waals surface area contributed by atoms with Crippen LogP contribution >= 0.6 is 0 Å². The molecule has 2 aliphatic rings. The summed E-state index contributed by atoms with van der Waals surface area (Å²) in [5, 5.41) is 0. The van der Waals surface area contributed by atoms with Crippen molar-refractivity contribution in [3.8, 4) is 0 Å². The number of benzene rings is 2. The van der Waals surface area contributed by atoms with Gasteiger partial charge in [-0.3, -0.25) is 4.79 Å². The zero-order valence-corrected chi connectivity index (χ0v) is 18.6. The van der Waals surface area contributed by atoms with Crippen molar-refractivity contribution in [1.82, 2.24) is 9.62 Å². The zero-order chi connectivity index (χ0) is 21.8. The zero-order valence-electron chi connectivity index (χ0n) is 17.8. The number of rotatable bonds is 6. The van der Waals surface area contributed by atoms with E-state index in [1.807, 2.05) is 12.1 Å². The number of aryl methyl sites for hydroxylation is 1. The maximum absolute atomic E-state index is 13.0. The first kappa shape index (κ1) is 21.8. The Bertz CT molecular complexity index is 1030. The van der Waals surface area contributed by atoms with Gasteiger partial charge in [0.05, 0.1) is 11.0 Å². The lowest BCUT2D eigenvalue weighted by atomic mass is 10.1. The van der Waals surface area contributed by atoms with Crippen molar-refractivity contribution in [2.45, 2.75) is 30.8 Å². The third kappa shape index (κ3) is 5.08. The minimum atomic E-state index is -3.69. The third-order valence-electron chi connectivity index (χ3n) is 5.94. The Labute approximate surface area is 184 Å². The van der Waals surface area contributed by atoms with E-state index in [1.54, 1.807) is 17.0 Å². The van der Waals surface area contributed by atoms with Gasteiger partial charge in [0.2, 0.25) is 10.0 Å². The molecule has 0 radical (unpaired) electrons.